The molecule has 2 heterocycles. The lowest BCUT2D eigenvalue weighted by molar-refractivity contribution is 0.181. The Morgan fingerprint density at radius 1 is 1.19 bits per heavy atom. The van der Waals surface area contributed by atoms with E-state index in [2.05, 4.69) is 22.5 Å². The van der Waals surface area contributed by atoms with Crippen molar-refractivity contribution in [2.75, 3.05) is 31.1 Å². The van der Waals surface area contributed by atoms with Gasteiger partial charge in [0.25, 0.3) is 0 Å². The number of hydrogen-bond donors (Lipinski definition) is 2. The van der Waals surface area contributed by atoms with E-state index >= 15 is 0 Å². The van der Waals surface area contributed by atoms with Gasteiger partial charge in [-0.1, -0.05) is 19.1 Å². The largest absolute Gasteiger partial charge is 0.469 e. The number of amides is 1. The fourth-order valence-electron chi connectivity index (χ4n) is 2.76. The fraction of sp³-hybridized carbons (Fsp3) is 0.400. The second kappa shape index (κ2) is 9.66. The first-order valence-corrected chi connectivity index (χ1v) is 9.34. The predicted molar refractivity (Wildman–Crippen MR) is 105 cm³/mol. The number of anilines is 1. The molecule has 1 fully saturated rings. The van der Waals surface area contributed by atoms with Crippen molar-refractivity contribution in [2.45, 2.75) is 26.3 Å². The van der Waals surface area contributed by atoms with Crippen molar-refractivity contribution in [3.05, 3.63) is 54.0 Å². The third-order valence-electron chi connectivity index (χ3n) is 4.21. The maximum absolute atomic E-state index is 11.6. The van der Waals surface area contributed by atoms with Gasteiger partial charge in [-0.15, -0.1) is 0 Å². The summed E-state index contributed by atoms with van der Waals surface area (Å²) in [5.74, 6) is 1.74. The van der Waals surface area contributed by atoms with Gasteiger partial charge in [-0.3, -0.25) is 4.90 Å². The van der Waals surface area contributed by atoms with E-state index in [1.165, 1.54) is 0 Å². The first-order valence-electron chi connectivity index (χ1n) is 9.34. The van der Waals surface area contributed by atoms with Gasteiger partial charge in [-0.05, 0) is 36.2 Å². The number of nitrogens with zero attached hydrogens (tertiary/aromatic N) is 2. The summed E-state index contributed by atoms with van der Waals surface area (Å²) in [7, 11) is 0. The Morgan fingerprint density at radius 2 is 2.00 bits per heavy atom. The molecule has 0 atom stereocenters. The Balaban J connectivity index is 1.54. The third-order valence-corrected chi connectivity index (χ3v) is 4.21. The summed E-state index contributed by atoms with van der Waals surface area (Å²) in [6.07, 6.45) is 3.23. The number of cyclic esters (lactones) is 1. The van der Waals surface area contributed by atoms with Crippen LogP contribution in [0.4, 0.5) is 10.5 Å². The number of carbonyl (C=O) groups excluding carboxylic acids is 1. The Morgan fingerprint density at radius 3 is 2.67 bits per heavy atom. The zero-order chi connectivity index (χ0) is 18.9. The van der Waals surface area contributed by atoms with Crippen LogP contribution in [0, 0.1) is 0 Å². The second-order valence-corrected chi connectivity index (χ2v) is 6.28. The SMILES string of the molecule is CCCNC(=NCc1ccc(N2CCOC2=O)cc1)NCCc1ccco1. The Bertz CT molecular complexity index is 741. The van der Waals surface area contributed by atoms with Crippen molar-refractivity contribution < 1.29 is 13.9 Å². The average Bonchev–Trinajstić information content (AvgIpc) is 3.35. The first-order chi connectivity index (χ1) is 13.3. The number of guanidine groups is 1. The lowest BCUT2D eigenvalue weighted by Crippen LogP contribution is -2.38. The second-order valence-electron chi connectivity index (χ2n) is 6.28. The fourth-order valence-corrected chi connectivity index (χ4v) is 2.76. The van der Waals surface area contributed by atoms with Crippen molar-refractivity contribution >= 4 is 17.7 Å². The quantitative estimate of drug-likeness (QED) is 0.552. The highest BCUT2D eigenvalue weighted by Crippen LogP contribution is 2.19. The third kappa shape index (κ3) is 5.51. The van der Waals surface area contributed by atoms with Crippen molar-refractivity contribution in [2.24, 2.45) is 4.99 Å². The highest BCUT2D eigenvalue weighted by Gasteiger charge is 2.23. The summed E-state index contributed by atoms with van der Waals surface area (Å²) >= 11 is 0. The van der Waals surface area contributed by atoms with Crippen LogP contribution in [0.15, 0.2) is 52.1 Å². The molecule has 0 unspecified atom stereocenters. The molecule has 7 heteroatoms. The van der Waals surface area contributed by atoms with E-state index in [9.17, 15) is 4.79 Å². The molecule has 1 aliphatic heterocycles. The maximum atomic E-state index is 11.6. The molecule has 0 aliphatic carbocycles. The van der Waals surface area contributed by atoms with Crippen molar-refractivity contribution in [1.29, 1.82) is 0 Å². The standard InChI is InChI=1S/C20H26N4O3/c1-2-10-21-19(22-11-9-18-4-3-13-26-18)23-15-16-5-7-17(8-6-16)24-12-14-27-20(24)25/h3-8,13H,2,9-12,14-15H2,1H3,(H2,21,22,23). The highest BCUT2D eigenvalue weighted by atomic mass is 16.6. The first kappa shape index (κ1) is 18.8. The summed E-state index contributed by atoms with van der Waals surface area (Å²) in [5, 5.41) is 6.66. The van der Waals surface area contributed by atoms with E-state index < -0.39 is 0 Å². The van der Waals surface area contributed by atoms with Crippen molar-refractivity contribution in [3.63, 3.8) is 0 Å². The molecule has 2 aromatic rings. The smallest absolute Gasteiger partial charge is 0.414 e. The van der Waals surface area contributed by atoms with E-state index in [0.717, 1.165) is 48.9 Å². The van der Waals surface area contributed by atoms with Crippen LogP contribution < -0.4 is 15.5 Å². The molecule has 0 spiro atoms. The molecule has 1 amide bonds. The van der Waals surface area contributed by atoms with E-state index in [1.54, 1.807) is 11.2 Å². The van der Waals surface area contributed by atoms with Gasteiger partial charge in [0.2, 0.25) is 0 Å². The summed E-state index contributed by atoms with van der Waals surface area (Å²) in [4.78, 5) is 17.9. The number of hydrogen-bond acceptors (Lipinski definition) is 4. The van der Waals surface area contributed by atoms with Crippen LogP contribution in [0.1, 0.15) is 24.7 Å². The van der Waals surface area contributed by atoms with Crippen LogP contribution in [-0.4, -0.2) is 38.3 Å². The number of aliphatic imine (C=N–C) groups is 1. The molecule has 7 nitrogen and oxygen atoms in total. The minimum Gasteiger partial charge on any atom is -0.469 e. The van der Waals surface area contributed by atoms with Gasteiger partial charge < -0.3 is 19.8 Å². The molecule has 1 aliphatic rings. The molecule has 0 radical (unpaired) electrons. The molecule has 0 saturated carbocycles. The van der Waals surface area contributed by atoms with Gasteiger partial charge in [0, 0.05) is 25.2 Å². The van der Waals surface area contributed by atoms with Gasteiger partial charge >= 0.3 is 6.09 Å². The van der Waals surface area contributed by atoms with Crippen LogP contribution in [0.3, 0.4) is 0 Å². The lowest BCUT2D eigenvalue weighted by Gasteiger charge is -2.13. The van der Waals surface area contributed by atoms with Crippen molar-refractivity contribution in [3.8, 4) is 0 Å². The van der Waals surface area contributed by atoms with Crippen LogP contribution >= 0.6 is 0 Å². The Hall–Kier alpha value is -2.96. The van der Waals surface area contributed by atoms with E-state index in [0.29, 0.717) is 19.7 Å². The molecule has 2 N–H and O–H groups in total. The number of nitrogens with one attached hydrogen (secondary N) is 2. The molecule has 144 valence electrons. The van der Waals surface area contributed by atoms with Gasteiger partial charge in [-0.2, -0.15) is 0 Å². The summed E-state index contributed by atoms with van der Waals surface area (Å²) < 4.78 is 10.3. The van der Waals surface area contributed by atoms with Crippen LogP contribution in [0.5, 0.6) is 0 Å². The Kier molecular flexibility index (Phi) is 6.73. The van der Waals surface area contributed by atoms with Gasteiger partial charge in [0.05, 0.1) is 19.4 Å². The molecular formula is C20H26N4O3. The predicted octanol–water partition coefficient (Wildman–Crippen LogP) is 2.92. The number of furan rings is 1. The zero-order valence-electron chi connectivity index (χ0n) is 15.6. The number of ether oxygens (including phenoxy) is 1. The number of benzene rings is 1. The molecule has 1 aromatic carbocycles. The lowest BCUT2D eigenvalue weighted by atomic mass is 10.2. The topological polar surface area (TPSA) is 79.1 Å². The maximum Gasteiger partial charge on any atom is 0.414 e. The molecule has 3 rings (SSSR count). The molecular weight excluding hydrogens is 344 g/mol. The summed E-state index contributed by atoms with van der Waals surface area (Å²) in [6.45, 7) is 5.34. The van der Waals surface area contributed by atoms with Gasteiger partial charge in [0.15, 0.2) is 5.96 Å². The van der Waals surface area contributed by atoms with Crippen LogP contribution in [0.25, 0.3) is 0 Å². The van der Waals surface area contributed by atoms with E-state index in [1.807, 2.05) is 36.4 Å². The minimum absolute atomic E-state index is 0.285. The normalized spacial score (nSPS) is 14.3. The highest BCUT2D eigenvalue weighted by molar-refractivity contribution is 5.89. The number of carbonyl (C=O) groups is 1. The Labute approximate surface area is 159 Å². The number of rotatable bonds is 8. The minimum atomic E-state index is -0.285. The molecule has 1 aromatic heterocycles. The summed E-state index contributed by atoms with van der Waals surface area (Å²) in [5.41, 5.74) is 1.93. The molecule has 27 heavy (non-hydrogen) atoms. The summed E-state index contributed by atoms with van der Waals surface area (Å²) in [6, 6.07) is 11.7. The molecule has 0 bridgehead atoms. The zero-order valence-corrected chi connectivity index (χ0v) is 15.6. The van der Waals surface area contributed by atoms with Crippen LogP contribution in [0.2, 0.25) is 0 Å². The van der Waals surface area contributed by atoms with Gasteiger partial charge in [-0.25, -0.2) is 9.79 Å². The molecule has 1 saturated heterocycles. The van der Waals surface area contributed by atoms with Gasteiger partial charge in [0.1, 0.15) is 12.4 Å². The van der Waals surface area contributed by atoms with Crippen molar-refractivity contribution in [1.82, 2.24) is 10.6 Å². The van der Waals surface area contributed by atoms with Crippen LogP contribution in [-0.2, 0) is 17.7 Å². The average molecular weight is 370 g/mol. The van der Waals surface area contributed by atoms with E-state index in [4.69, 9.17) is 9.15 Å². The van der Waals surface area contributed by atoms with E-state index in [-0.39, 0.29) is 6.09 Å². The monoisotopic (exact) mass is 370 g/mol.